The monoisotopic (exact) mass is 291 g/mol. The average Bonchev–Trinajstić information content (AvgIpc) is 2.64. The average molecular weight is 292 g/mol. The number of carbonyl (C=O) groups is 1. The Bertz CT molecular complexity index is 612. The molecule has 17 heavy (non-hydrogen) atoms. The van der Waals surface area contributed by atoms with Crippen molar-refractivity contribution in [2.45, 2.75) is 32.7 Å². The van der Waals surface area contributed by atoms with Crippen molar-refractivity contribution < 1.29 is 4.79 Å². The van der Waals surface area contributed by atoms with Crippen LogP contribution in [0.4, 0.5) is 0 Å². The van der Waals surface area contributed by atoms with Gasteiger partial charge in [0.15, 0.2) is 5.78 Å². The fourth-order valence-corrected chi connectivity index (χ4v) is 3.20. The lowest BCUT2D eigenvalue weighted by Gasteiger charge is -2.13. The highest BCUT2D eigenvalue weighted by Crippen LogP contribution is 2.33. The summed E-state index contributed by atoms with van der Waals surface area (Å²) in [5, 5.41) is 1.24. The molecule has 0 spiro atoms. The number of aryl methyl sites for hydroxylation is 2. The summed E-state index contributed by atoms with van der Waals surface area (Å²) >= 11 is 3.51. The van der Waals surface area contributed by atoms with Gasteiger partial charge in [-0.3, -0.25) is 4.79 Å². The third kappa shape index (κ3) is 1.56. The van der Waals surface area contributed by atoms with Gasteiger partial charge in [0, 0.05) is 28.3 Å². The molecular weight excluding hydrogens is 278 g/mol. The van der Waals surface area contributed by atoms with Crippen molar-refractivity contribution >= 4 is 32.6 Å². The van der Waals surface area contributed by atoms with E-state index in [9.17, 15) is 4.79 Å². The Balaban J connectivity index is 2.42. The van der Waals surface area contributed by atoms with Crippen LogP contribution < -0.4 is 0 Å². The first kappa shape index (κ1) is 11.0. The van der Waals surface area contributed by atoms with E-state index in [1.807, 2.05) is 6.07 Å². The first-order chi connectivity index (χ1) is 8.22. The number of hydrogen-bond donors (Lipinski definition) is 0. The molecule has 1 aromatic carbocycles. The highest BCUT2D eigenvalue weighted by Gasteiger charge is 2.25. The second-order valence-corrected chi connectivity index (χ2v) is 5.43. The summed E-state index contributed by atoms with van der Waals surface area (Å²) in [6, 6.07) is 6.29. The maximum Gasteiger partial charge on any atom is 0.179 e. The first-order valence-corrected chi connectivity index (χ1v) is 6.85. The van der Waals surface area contributed by atoms with Crippen LogP contribution in [0.15, 0.2) is 22.7 Å². The van der Waals surface area contributed by atoms with E-state index in [-0.39, 0.29) is 0 Å². The molecule has 0 bridgehead atoms. The molecule has 1 aliphatic carbocycles. The predicted octanol–water partition coefficient (Wildman–Crippen LogP) is 3.94. The van der Waals surface area contributed by atoms with E-state index in [4.69, 9.17) is 0 Å². The zero-order valence-electron chi connectivity index (χ0n) is 9.79. The Kier molecular flexibility index (Phi) is 2.58. The molecule has 0 saturated heterocycles. The smallest absolute Gasteiger partial charge is 0.179 e. The van der Waals surface area contributed by atoms with Crippen molar-refractivity contribution in [3.05, 3.63) is 33.9 Å². The van der Waals surface area contributed by atoms with Gasteiger partial charge in [0.1, 0.15) is 0 Å². The van der Waals surface area contributed by atoms with Crippen LogP contribution in [0.2, 0.25) is 0 Å². The van der Waals surface area contributed by atoms with Crippen LogP contribution in [0.1, 0.15) is 35.8 Å². The molecule has 0 atom stereocenters. The third-order valence-electron chi connectivity index (χ3n) is 3.54. The lowest BCUT2D eigenvalue weighted by Crippen LogP contribution is -2.14. The molecule has 0 aliphatic heterocycles. The summed E-state index contributed by atoms with van der Waals surface area (Å²) in [5.74, 6) is 0.306. The Morgan fingerprint density at radius 1 is 1.35 bits per heavy atom. The molecular formula is C14H14BrNO. The summed E-state index contributed by atoms with van der Waals surface area (Å²) < 4.78 is 3.25. The number of nitrogens with zero attached hydrogens (tertiary/aromatic N) is 1. The SMILES string of the molecule is CCn1c2c(c3cc(Br)ccc31)CCCC2=O. The Hall–Kier alpha value is -1.09. The van der Waals surface area contributed by atoms with Crippen LogP contribution in [0, 0.1) is 0 Å². The zero-order chi connectivity index (χ0) is 12.0. The van der Waals surface area contributed by atoms with E-state index in [1.54, 1.807) is 0 Å². The lowest BCUT2D eigenvalue weighted by molar-refractivity contribution is 0.0963. The van der Waals surface area contributed by atoms with Gasteiger partial charge in [-0.05, 0) is 43.5 Å². The van der Waals surface area contributed by atoms with Gasteiger partial charge >= 0.3 is 0 Å². The van der Waals surface area contributed by atoms with E-state index in [0.717, 1.165) is 29.6 Å². The highest BCUT2D eigenvalue weighted by atomic mass is 79.9. The second-order valence-electron chi connectivity index (χ2n) is 4.51. The van der Waals surface area contributed by atoms with Gasteiger partial charge in [-0.25, -0.2) is 0 Å². The maximum atomic E-state index is 12.1. The largest absolute Gasteiger partial charge is 0.338 e. The van der Waals surface area contributed by atoms with Crippen molar-refractivity contribution in [1.29, 1.82) is 0 Å². The molecule has 88 valence electrons. The lowest BCUT2D eigenvalue weighted by atomic mass is 9.94. The minimum Gasteiger partial charge on any atom is -0.338 e. The van der Waals surface area contributed by atoms with Crippen molar-refractivity contribution in [1.82, 2.24) is 4.57 Å². The Morgan fingerprint density at radius 3 is 2.94 bits per heavy atom. The highest BCUT2D eigenvalue weighted by molar-refractivity contribution is 9.10. The number of hydrogen-bond acceptors (Lipinski definition) is 1. The van der Waals surface area contributed by atoms with Gasteiger partial charge in [0.2, 0.25) is 0 Å². The van der Waals surface area contributed by atoms with Crippen LogP contribution in [-0.4, -0.2) is 10.4 Å². The zero-order valence-corrected chi connectivity index (χ0v) is 11.4. The second kappa shape index (κ2) is 3.98. The minimum atomic E-state index is 0.306. The van der Waals surface area contributed by atoms with E-state index < -0.39 is 0 Å². The number of carbonyl (C=O) groups excluding carboxylic acids is 1. The van der Waals surface area contributed by atoms with Crippen molar-refractivity contribution in [2.75, 3.05) is 0 Å². The van der Waals surface area contributed by atoms with Gasteiger partial charge in [0.25, 0.3) is 0 Å². The molecule has 3 rings (SSSR count). The molecule has 0 fully saturated rings. The van der Waals surface area contributed by atoms with Gasteiger partial charge in [-0.15, -0.1) is 0 Å². The molecule has 1 aromatic heterocycles. The topological polar surface area (TPSA) is 22.0 Å². The molecule has 0 amide bonds. The van der Waals surface area contributed by atoms with Crippen LogP contribution >= 0.6 is 15.9 Å². The molecule has 1 aliphatic rings. The van der Waals surface area contributed by atoms with Gasteiger partial charge in [-0.2, -0.15) is 0 Å². The van der Waals surface area contributed by atoms with E-state index in [2.05, 4.69) is 39.6 Å². The Morgan fingerprint density at radius 2 is 2.18 bits per heavy atom. The predicted molar refractivity (Wildman–Crippen MR) is 72.6 cm³/mol. The Labute approximate surface area is 109 Å². The third-order valence-corrected chi connectivity index (χ3v) is 4.03. The van der Waals surface area contributed by atoms with Gasteiger partial charge < -0.3 is 4.57 Å². The molecule has 2 aromatic rings. The molecule has 1 heterocycles. The number of aromatic nitrogens is 1. The fraction of sp³-hybridized carbons (Fsp3) is 0.357. The van der Waals surface area contributed by atoms with E-state index in [1.165, 1.54) is 16.5 Å². The van der Waals surface area contributed by atoms with Crippen molar-refractivity contribution in [2.24, 2.45) is 0 Å². The molecule has 2 nitrogen and oxygen atoms in total. The summed E-state index contributed by atoms with van der Waals surface area (Å²) in [4.78, 5) is 12.1. The summed E-state index contributed by atoms with van der Waals surface area (Å²) in [6.07, 6.45) is 2.71. The molecule has 0 saturated carbocycles. The molecule has 0 radical (unpaired) electrons. The normalized spacial score (nSPS) is 15.3. The van der Waals surface area contributed by atoms with E-state index in [0.29, 0.717) is 12.2 Å². The first-order valence-electron chi connectivity index (χ1n) is 6.06. The molecule has 0 N–H and O–H groups in total. The summed E-state index contributed by atoms with van der Waals surface area (Å²) in [7, 11) is 0. The fourth-order valence-electron chi connectivity index (χ4n) is 2.84. The molecule has 3 heteroatoms. The number of Topliss-reactive ketones (excluding diaryl/α,β-unsaturated/α-hetero) is 1. The quantitative estimate of drug-likeness (QED) is 0.780. The summed E-state index contributed by atoms with van der Waals surface area (Å²) in [6.45, 7) is 2.96. The number of halogens is 1. The minimum absolute atomic E-state index is 0.306. The van der Waals surface area contributed by atoms with Gasteiger partial charge in [0.05, 0.1) is 5.69 Å². The van der Waals surface area contributed by atoms with E-state index >= 15 is 0 Å². The molecule has 0 unspecified atom stereocenters. The number of fused-ring (bicyclic) bond motifs is 3. The summed E-state index contributed by atoms with van der Waals surface area (Å²) in [5.41, 5.74) is 3.39. The van der Waals surface area contributed by atoms with Crippen LogP contribution in [0.3, 0.4) is 0 Å². The van der Waals surface area contributed by atoms with Crippen LogP contribution in [0.25, 0.3) is 10.9 Å². The van der Waals surface area contributed by atoms with Crippen molar-refractivity contribution in [3.63, 3.8) is 0 Å². The standard InChI is InChI=1S/C14H14BrNO/c1-2-16-12-7-6-9(15)8-11(12)10-4-3-5-13(17)14(10)16/h6-8H,2-5H2,1H3. The van der Waals surface area contributed by atoms with Crippen LogP contribution in [0.5, 0.6) is 0 Å². The maximum absolute atomic E-state index is 12.1. The van der Waals surface area contributed by atoms with Crippen molar-refractivity contribution in [3.8, 4) is 0 Å². The number of benzene rings is 1. The van der Waals surface area contributed by atoms with Gasteiger partial charge in [-0.1, -0.05) is 15.9 Å². The number of ketones is 1. The number of rotatable bonds is 1. The van der Waals surface area contributed by atoms with Crippen LogP contribution in [-0.2, 0) is 13.0 Å².